The summed E-state index contributed by atoms with van der Waals surface area (Å²) in [5.74, 6) is 2.26. The van der Waals surface area contributed by atoms with Gasteiger partial charge in [0.25, 0.3) is 0 Å². The maximum Gasteiger partial charge on any atom is 0.305 e. The molecule has 0 radical (unpaired) electrons. The zero-order valence-electron chi connectivity index (χ0n) is 18.7. The average molecular weight is 403 g/mol. The number of allylic oxidation sites excluding steroid dienone is 2. The molecule has 162 valence electrons. The Balaban J connectivity index is 1.47. The standard InChI is InChI=1S/C25H38O4/c1-16(26)28-23(29-17(2)27)15-18-9-13-25(4)19(14-18)7-8-20-21-6-5-11-24(21,3)12-10-22(20)25/h7,18,20-23H,5-6,8-15H2,1-4H3/t18?,20-,21-,22+,24-,25-/m0/s1. The van der Waals surface area contributed by atoms with Gasteiger partial charge in [0.05, 0.1) is 0 Å². The van der Waals surface area contributed by atoms with Crippen LogP contribution in [0.2, 0.25) is 0 Å². The van der Waals surface area contributed by atoms with E-state index in [9.17, 15) is 9.59 Å². The number of hydrogen-bond donors (Lipinski definition) is 0. The summed E-state index contributed by atoms with van der Waals surface area (Å²) in [5.41, 5.74) is 2.56. The zero-order valence-corrected chi connectivity index (χ0v) is 18.7. The molecule has 0 aromatic rings. The van der Waals surface area contributed by atoms with E-state index in [1.165, 1.54) is 58.8 Å². The van der Waals surface area contributed by atoms with Gasteiger partial charge in [-0.2, -0.15) is 0 Å². The molecule has 0 aliphatic heterocycles. The lowest BCUT2D eigenvalue weighted by molar-refractivity contribution is -0.188. The van der Waals surface area contributed by atoms with E-state index < -0.39 is 18.2 Å². The highest BCUT2D eigenvalue weighted by Crippen LogP contribution is 2.65. The lowest BCUT2D eigenvalue weighted by Crippen LogP contribution is -2.49. The van der Waals surface area contributed by atoms with Crippen molar-refractivity contribution >= 4 is 11.9 Å². The van der Waals surface area contributed by atoms with Crippen LogP contribution < -0.4 is 0 Å². The Labute approximate surface area is 175 Å². The van der Waals surface area contributed by atoms with Crippen molar-refractivity contribution in [2.24, 2.45) is 34.5 Å². The fraction of sp³-hybridized carbons (Fsp3) is 0.840. The van der Waals surface area contributed by atoms with Crippen molar-refractivity contribution in [3.05, 3.63) is 11.6 Å². The lowest BCUT2D eigenvalue weighted by atomic mass is 9.47. The first kappa shape index (κ1) is 20.9. The molecule has 0 aromatic heterocycles. The minimum Gasteiger partial charge on any atom is -0.425 e. The first-order chi connectivity index (χ1) is 13.7. The minimum atomic E-state index is -0.745. The molecule has 0 saturated heterocycles. The third-order valence-corrected chi connectivity index (χ3v) is 9.11. The van der Waals surface area contributed by atoms with Crippen LogP contribution in [0, 0.1) is 34.5 Å². The van der Waals surface area contributed by atoms with Crippen molar-refractivity contribution in [2.45, 2.75) is 98.2 Å². The Morgan fingerprint density at radius 3 is 2.45 bits per heavy atom. The van der Waals surface area contributed by atoms with Crippen molar-refractivity contribution in [3.63, 3.8) is 0 Å². The molecule has 4 rings (SSSR count). The highest BCUT2D eigenvalue weighted by molar-refractivity contribution is 5.68. The molecule has 1 unspecified atom stereocenters. The predicted molar refractivity (Wildman–Crippen MR) is 112 cm³/mol. The monoisotopic (exact) mass is 402 g/mol. The largest absolute Gasteiger partial charge is 0.425 e. The molecule has 4 nitrogen and oxygen atoms in total. The fourth-order valence-electron chi connectivity index (χ4n) is 7.69. The molecule has 0 amide bonds. The number of carbonyl (C=O) groups excluding carboxylic acids is 2. The Morgan fingerprint density at radius 2 is 1.76 bits per heavy atom. The summed E-state index contributed by atoms with van der Waals surface area (Å²) in [6, 6.07) is 0. The molecule has 4 heteroatoms. The van der Waals surface area contributed by atoms with Crippen LogP contribution in [0.5, 0.6) is 0 Å². The maximum atomic E-state index is 11.4. The molecule has 3 fully saturated rings. The molecule has 0 spiro atoms. The van der Waals surface area contributed by atoms with Crippen LogP contribution >= 0.6 is 0 Å². The molecule has 4 aliphatic carbocycles. The average Bonchev–Trinajstić information content (AvgIpc) is 3.02. The van der Waals surface area contributed by atoms with Gasteiger partial charge in [0.15, 0.2) is 0 Å². The molecule has 6 atom stereocenters. The summed E-state index contributed by atoms with van der Waals surface area (Å²) < 4.78 is 10.5. The predicted octanol–water partition coefficient (Wildman–Crippen LogP) is 5.80. The van der Waals surface area contributed by atoms with E-state index in [1.54, 1.807) is 5.57 Å². The van der Waals surface area contributed by atoms with Crippen molar-refractivity contribution in [2.75, 3.05) is 0 Å². The van der Waals surface area contributed by atoms with Crippen molar-refractivity contribution in [1.82, 2.24) is 0 Å². The summed E-state index contributed by atoms with van der Waals surface area (Å²) in [6.45, 7) is 7.83. The summed E-state index contributed by atoms with van der Waals surface area (Å²) in [6.07, 6.45) is 14.2. The van der Waals surface area contributed by atoms with Crippen LogP contribution in [0.4, 0.5) is 0 Å². The first-order valence-corrected chi connectivity index (χ1v) is 11.8. The van der Waals surface area contributed by atoms with Gasteiger partial charge in [-0.1, -0.05) is 31.9 Å². The first-order valence-electron chi connectivity index (χ1n) is 11.8. The number of carbonyl (C=O) groups is 2. The Hall–Kier alpha value is -1.32. The second kappa shape index (κ2) is 7.74. The third-order valence-electron chi connectivity index (χ3n) is 9.11. The second-order valence-corrected chi connectivity index (χ2v) is 10.8. The van der Waals surface area contributed by atoms with Gasteiger partial charge < -0.3 is 9.47 Å². The van der Waals surface area contributed by atoms with E-state index in [0.29, 0.717) is 23.2 Å². The lowest BCUT2D eigenvalue weighted by Gasteiger charge is -2.57. The molecular formula is C25H38O4. The van der Waals surface area contributed by atoms with Gasteiger partial charge in [-0.3, -0.25) is 9.59 Å². The molecule has 29 heavy (non-hydrogen) atoms. The van der Waals surface area contributed by atoms with Crippen LogP contribution in [-0.4, -0.2) is 18.2 Å². The van der Waals surface area contributed by atoms with E-state index in [4.69, 9.17) is 9.47 Å². The van der Waals surface area contributed by atoms with Gasteiger partial charge >= 0.3 is 11.9 Å². The summed E-state index contributed by atoms with van der Waals surface area (Å²) in [7, 11) is 0. The van der Waals surface area contributed by atoms with Gasteiger partial charge in [-0.15, -0.1) is 0 Å². The normalized spacial score (nSPS) is 41.1. The Bertz CT molecular complexity index is 681. The maximum absolute atomic E-state index is 11.4. The van der Waals surface area contributed by atoms with E-state index in [-0.39, 0.29) is 0 Å². The fourth-order valence-corrected chi connectivity index (χ4v) is 7.69. The van der Waals surface area contributed by atoms with Gasteiger partial charge in [-0.05, 0) is 85.9 Å². The van der Waals surface area contributed by atoms with E-state index >= 15 is 0 Å². The SMILES string of the molecule is CC(=O)OC(CC1CC[C@@]2(C)C(=CC[C@@H]3[C@H]2CC[C@]2(C)CCC[C@@H]32)C1)OC(C)=O. The highest BCUT2D eigenvalue weighted by Gasteiger charge is 2.55. The summed E-state index contributed by atoms with van der Waals surface area (Å²) >= 11 is 0. The number of ether oxygens (including phenoxy) is 2. The highest BCUT2D eigenvalue weighted by atomic mass is 16.7. The molecule has 0 N–H and O–H groups in total. The Kier molecular flexibility index (Phi) is 5.59. The number of fused-ring (bicyclic) bond motifs is 5. The van der Waals surface area contributed by atoms with Crippen molar-refractivity contribution in [3.8, 4) is 0 Å². The van der Waals surface area contributed by atoms with Crippen LogP contribution in [-0.2, 0) is 19.1 Å². The van der Waals surface area contributed by atoms with Gasteiger partial charge in [0.2, 0.25) is 6.29 Å². The topological polar surface area (TPSA) is 52.6 Å². The molecular weight excluding hydrogens is 364 g/mol. The smallest absolute Gasteiger partial charge is 0.305 e. The number of esters is 2. The molecule has 4 aliphatic rings. The minimum absolute atomic E-state index is 0.335. The van der Waals surface area contributed by atoms with Gasteiger partial charge in [0, 0.05) is 20.3 Å². The van der Waals surface area contributed by atoms with E-state index in [2.05, 4.69) is 19.9 Å². The quantitative estimate of drug-likeness (QED) is 0.339. The van der Waals surface area contributed by atoms with Gasteiger partial charge in [-0.25, -0.2) is 0 Å². The van der Waals surface area contributed by atoms with Crippen molar-refractivity contribution < 1.29 is 19.1 Å². The van der Waals surface area contributed by atoms with Crippen LogP contribution in [0.3, 0.4) is 0 Å². The van der Waals surface area contributed by atoms with Gasteiger partial charge in [0.1, 0.15) is 0 Å². The van der Waals surface area contributed by atoms with Crippen molar-refractivity contribution in [1.29, 1.82) is 0 Å². The number of hydrogen-bond acceptors (Lipinski definition) is 4. The van der Waals surface area contributed by atoms with E-state index in [0.717, 1.165) is 30.6 Å². The van der Waals surface area contributed by atoms with E-state index in [1.807, 2.05) is 0 Å². The van der Waals surface area contributed by atoms with Crippen LogP contribution in [0.15, 0.2) is 11.6 Å². The van der Waals surface area contributed by atoms with Crippen LogP contribution in [0.25, 0.3) is 0 Å². The Morgan fingerprint density at radius 1 is 1.03 bits per heavy atom. The third kappa shape index (κ3) is 3.88. The molecule has 0 bridgehead atoms. The second-order valence-electron chi connectivity index (χ2n) is 10.8. The molecule has 3 saturated carbocycles. The summed E-state index contributed by atoms with van der Waals surface area (Å²) in [5, 5.41) is 0. The number of rotatable bonds is 4. The summed E-state index contributed by atoms with van der Waals surface area (Å²) in [4.78, 5) is 22.8. The molecule has 0 aromatic carbocycles. The zero-order chi connectivity index (χ0) is 20.8. The van der Waals surface area contributed by atoms with Crippen LogP contribution in [0.1, 0.15) is 91.9 Å². The molecule has 0 heterocycles.